The predicted molar refractivity (Wildman–Crippen MR) is 68.1 cm³/mol. The molecule has 1 aromatic rings. The number of H-pyrrole nitrogens is 1. The molecule has 0 bridgehead atoms. The Labute approximate surface area is 111 Å². The first-order valence-electron chi connectivity index (χ1n) is 6.22. The first kappa shape index (κ1) is 14.0. The highest BCUT2D eigenvalue weighted by Gasteiger charge is 2.41. The molecule has 0 radical (unpaired) electrons. The van der Waals surface area contributed by atoms with E-state index >= 15 is 0 Å². The van der Waals surface area contributed by atoms with Gasteiger partial charge in [-0.05, 0) is 6.42 Å². The lowest BCUT2D eigenvalue weighted by Gasteiger charge is -2.31. The highest BCUT2D eigenvalue weighted by Crippen LogP contribution is 2.30. The first-order chi connectivity index (χ1) is 8.97. The van der Waals surface area contributed by atoms with Crippen LogP contribution in [0.3, 0.4) is 0 Å². The van der Waals surface area contributed by atoms with Crippen LogP contribution in [0.15, 0.2) is 6.33 Å². The van der Waals surface area contributed by atoms with E-state index in [1.54, 1.807) is 0 Å². The van der Waals surface area contributed by atoms with E-state index in [1.165, 1.54) is 6.33 Å². The number of carboxylic acid groups (broad SMARTS) is 1. The van der Waals surface area contributed by atoms with Gasteiger partial charge in [-0.2, -0.15) is 4.31 Å². The largest absolute Gasteiger partial charge is 0.480 e. The lowest BCUT2D eigenvalue weighted by Crippen LogP contribution is -2.44. The topological polar surface area (TPSA) is 103 Å². The average molecular weight is 287 g/mol. The number of hydrogen-bond acceptors (Lipinski definition) is 4. The molecule has 0 saturated carbocycles. The quantitative estimate of drug-likeness (QED) is 0.822. The maximum absolute atomic E-state index is 12.2. The van der Waals surface area contributed by atoms with Gasteiger partial charge in [-0.15, -0.1) is 0 Å². The highest BCUT2D eigenvalue weighted by atomic mass is 32.2. The Morgan fingerprint density at radius 3 is 3.00 bits per heavy atom. The van der Waals surface area contributed by atoms with Crippen LogP contribution in [0.2, 0.25) is 0 Å². The predicted octanol–water partition coefficient (Wildman–Crippen LogP) is 0.523. The molecule has 0 aromatic carbocycles. The summed E-state index contributed by atoms with van der Waals surface area (Å²) in [4.78, 5) is 18.2. The molecule has 2 rings (SSSR count). The van der Waals surface area contributed by atoms with Gasteiger partial charge < -0.3 is 10.1 Å². The third-order valence-electron chi connectivity index (χ3n) is 3.23. The summed E-state index contributed by atoms with van der Waals surface area (Å²) >= 11 is 0. The molecule has 0 aliphatic carbocycles. The molecule has 1 aromatic heterocycles. The molecule has 7 nitrogen and oxygen atoms in total. The number of aliphatic carboxylic acids is 1. The number of carbonyl (C=O) groups is 1. The second-order valence-electron chi connectivity index (χ2n) is 4.54. The van der Waals surface area contributed by atoms with E-state index in [0.717, 1.165) is 10.7 Å². The van der Waals surface area contributed by atoms with E-state index in [0.29, 0.717) is 24.2 Å². The summed E-state index contributed by atoms with van der Waals surface area (Å²) in [5.41, 5.74) is 1.01. The van der Waals surface area contributed by atoms with Gasteiger partial charge in [0.05, 0.1) is 17.8 Å². The number of rotatable bonds is 5. The van der Waals surface area contributed by atoms with Crippen LogP contribution in [0.1, 0.15) is 37.2 Å². The maximum Gasteiger partial charge on any atom is 0.328 e. The maximum atomic E-state index is 12.2. The lowest BCUT2D eigenvalue weighted by molar-refractivity contribution is -0.142. The fraction of sp³-hybridized carbons (Fsp3) is 0.636. The third kappa shape index (κ3) is 2.64. The summed E-state index contributed by atoms with van der Waals surface area (Å²) in [6.45, 7) is 2.07. The molecular formula is C11H17N3O4S. The Bertz CT molecular complexity index is 566. The standard InChI is InChI=1S/C11H17N3O4S/c1-2-3-6-19(17,18)14-5-4-8-9(13-7-12-8)10(14)11(15)16/h7,10H,2-6H2,1H3,(H,12,13)(H,15,16). The molecule has 0 spiro atoms. The molecule has 1 aliphatic rings. The van der Waals surface area contributed by atoms with Gasteiger partial charge in [-0.25, -0.2) is 13.4 Å². The summed E-state index contributed by atoms with van der Waals surface area (Å²) in [7, 11) is -3.56. The van der Waals surface area contributed by atoms with Gasteiger partial charge in [-0.3, -0.25) is 4.79 Å². The van der Waals surface area contributed by atoms with E-state index in [9.17, 15) is 18.3 Å². The zero-order valence-corrected chi connectivity index (χ0v) is 11.5. The van der Waals surface area contributed by atoms with Crippen molar-refractivity contribution in [2.75, 3.05) is 12.3 Å². The third-order valence-corrected chi connectivity index (χ3v) is 5.14. The second-order valence-corrected chi connectivity index (χ2v) is 6.58. The van der Waals surface area contributed by atoms with Crippen molar-refractivity contribution in [3.05, 3.63) is 17.7 Å². The van der Waals surface area contributed by atoms with Crippen LogP contribution in [-0.4, -0.2) is 46.1 Å². The van der Waals surface area contributed by atoms with Gasteiger partial charge in [0.2, 0.25) is 10.0 Å². The van der Waals surface area contributed by atoms with E-state index in [2.05, 4.69) is 9.97 Å². The molecular weight excluding hydrogens is 270 g/mol. The van der Waals surface area contributed by atoms with Crippen molar-refractivity contribution in [2.45, 2.75) is 32.2 Å². The number of imidazole rings is 1. The normalized spacial score (nSPS) is 20.2. The number of aromatic nitrogens is 2. The lowest BCUT2D eigenvalue weighted by atomic mass is 10.1. The molecule has 19 heavy (non-hydrogen) atoms. The van der Waals surface area contributed by atoms with Gasteiger partial charge in [0.1, 0.15) is 0 Å². The molecule has 2 N–H and O–H groups in total. The molecule has 0 fully saturated rings. The second kappa shape index (κ2) is 5.30. The van der Waals surface area contributed by atoms with Crippen LogP contribution in [0.25, 0.3) is 0 Å². The van der Waals surface area contributed by atoms with Crippen LogP contribution >= 0.6 is 0 Å². The van der Waals surface area contributed by atoms with Crippen LogP contribution < -0.4 is 0 Å². The Balaban J connectivity index is 2.34. The average Bonchev–Trinajstić information content (AvgIpc) is 2.82. The number of hydrogen-bond donors (Lipinski definition) is 2. The fourth-order valence-electron chi connectivity index (χ4n) is 2.24. The molecule has 0 amide bonds. The van der Waals surface area contributed by atoms with Crippen molar-refractivity contribution in [1.29, 1.82) is 0 Å². The van der Waals surface area contributed by atoms with Crippen LogP contribution in [0, 0.1) is 0 Å². The van der Waals surface area contributed by atoms with Crippen molar-refractivity contribution in [3.8, 4) is 0 Å². The van der Waals surface area contributed by atoms with E-state index in [-0.39, 0.29) is 12.3 Å². The zero-order valence-electron chi connectivity index (χ0n) is 10.7. The summed E-state index contributed by atoms with van der Waals surface area (Å²) < 4.78 is 25.5. The molecule has 1 aliphatic heterocycles. The number of fused-ring (bicyclic) bond motifs is 1. The van der Waals surface area contributed by atoms with Crippen molar-refractivity contribution in [3.63, 3.8) is 0 Å². The van der Waals surface area contributed by atoms with Gasteiger partial charge in [0.25, 0.3) is 0 Å². The Kier molecular flexibility index (Phi) is 3.91. The Hall–Kier alpha value is -1.41. The van der Waals surface area contributed by atoms with Crippen molar-refractivity contribution in [1.82, 2.24) is 14.3 Å². The Morgan fingerprint density at radius 2 is 2.37 bits per heavy atom. The van der Waals surface area contributed by atoms with Gasteiger partial charge >= 0.3 is 5.97 Å². The fourth-order valence-corrected chi connectivity index (χ4v) is 4.01. The minimum Gasteiger partial charge on any atom is -0.480 e. The molecule has 2 heterocycles. The Morgan fingerprint density at radius 1 is 1.63 bits per heavy atom. The number of carboxylic acids is 1. The number of nitrogens with zero attached hydrogens (tertiary/aromatic N) is 2. The monoisotopic (exact) mass is 287 g/mol. The number of nitrogens with one attached hydrogen (secondary N) is 1. The van der Waals surface area contributed by atoms with Crippen molar-refractivity contribution >= 4 is 16.0 Å². The van der Waals surface area contributed by atoms with E-state index in [1.807, 2.05) is 6.92 Å². The summed E-state index contributed by atoms with van der Waals surface area (Å²) in [6.07, 6.45) is 3.14. The van der Waals surface area contributed by atoms with Gasteiger partial charge in [0, 0.05) is 18.7 Å². The smallest absolute Gasteiger partial charge is 0.328 e. The summed E-state index contributed by atoms with van der Waals surface area (Å²) in [5, 5.41) is 9.30. The SMILES string of the molecule is CCCCS(=O)(=O)N1CCc2[nH]cnc2C1C(=O)O. The van der Waals surface area contributed by atoms with Crippen LogP contribution in [0.5, 0.6) is 0 Å². The number of aromatic amines is 1. The molecule has 8 heteroatoms. The van der Waals surface area contributed by atoms with Crippen molar-refractivity contribution in [2.24, 2.45) is 0 Å². The number of unbranched alkanes of at least 4 members (excludes halogenated alkanes) is 1. The highest BCUT2D eigenvalue weighted by molar-refractivity contribution is 7.89. The summed E-state index contributed by atoms with van der Waals surface area (Å²) in [5.74, 6) is -1.21. The molecule has 1 unspecified atom stereocenters. The van der Waals surface area contributed by atoms with E-state index < -0.39 is 22.0 Å². The minimum atomic E-state index is -3.56. The number of sulfonamides is 1. The van der Waals surface area contributed by atoms with Gasteiger partial charge in [-0.1, -0.05) is 13.3 Å². The molecule has 106 valence electrons. The first-order valence-corrected chi connectivity index (χ1v) is 7.82. The van der Waals surface area contributed by atoms with Crippen molar-refractivity contribution < 1.29 is 18.3 Å². The molecule has 0 saturated heterocycles. The van der Waals surface area contributed by atoms with Crippen LogP contribution in [0.4, 0.5) is 0 Å². The van der Waals surface area contributed by atoms with Gasteiger partial charge in [0.15, 0.2) is 6.04 Å². The molecule has 1 atom stereocenters. The van der Waals surface area contributed by atoms with E-state index in [4.69, 9.17) is 0 Å². The summed E-state index contributed by atoms with van der Waals surface area (Å²) in [6, 6.07) is -1.21. The zero-order chi connectivity index (χ0) is 14.0. The minimum absolute atomic E-state index is 0.0208. The van der Waals surface area contributed by atoms with Crippen LogP contribution in [-0.2, 0) is 21.2 Å².